The van der Waals surface area contributed by atoms with Crippen LogP contribution in [0.15, 0.2) is 79.1 Å². The fourth-order valence-corrected chi connectivity index (χ4v) is 3.43. The number of aromatic amines is 1. The predicted molar refractivity (Wildman–Crippen MR) is 140 cm³/mol. The Morgan fingerprint density at radius 2 is 1.78 bits per heavy atom. The van der Waals surface area contributed by atoms with Crippen LogP contribution in [-0.2, 0) is 0 Å². The van der Waals surface area contributed by atoms with Crippen molar-refractivity contribution in [1.82, 2.24) is 15.3 Å². The third-order valence-electron chi connectivity index (χ3n) is 5.29. The number of urea groups is 1. The first-order valence-electron chi connectivity index (χ1n) is 11.5. The molecule has 0 aliphatic heterocycles. The molecule has 6 N–H and O–H groups in total. The largest absolute Gasteiger partial charge is 0.457 e. The van der Waals surface area contributed by atoms with Crippen LogP contribution >= 0.6 is 0 Å². The lowest BCUT2D eigenvalue weighted by Crippen LogP contribution is -2.33. The maximum Gasteiger partial charge on any atom is 0.323 e. The Morgan fingerprint density at radius 3 is 2.54 bits per heavy atom. The summed E-state index contributed by atoms with van der Waals surface area (Å²) in [6.07, 6.45) is 2.11. The van der Waals surface area contributed by atoms with Crippen LogP contribution in [-0.4, -0.2) is 51.4 Å². The number of nitrogens with one attached hydrogen (secondary N) is 4. The summed E-state index contributed by atoms with van der Waals surface area (Å²) in [6.45, 7) is 1.47. The van der Waals surface area contributed by atoms with Crippen LogP contribution in [0.5, 0.6) is 11.5 Å². The highest BCUT2D eigenvalue weighted by Gasteiger charge is 2.12. The second kappa shape index (κ2) is 11.8. The molecular weight excluding hydrogens is 474 g/mol. The fourth-order valence-electron chi connectivity index (χ4n) is 3.43. The zero-order valence-electron chi connectivity index (χ0n) is 20.1. The van der Waals surface area contributed by atoms with E-state index in [1.54, 1.807) is 48.7 Å². The van der Waals surface area contributed by atoms with Crippen molar-refractivity contribution < 1.29 is 24.5 Å². The van der Waals surface area contributed by atoms with Gasteiger partial charge >= 0.3 is 6.03 Å². The number of anilines is 2. The van der Waals surface area contributed by atoms with E-state index in [0.29, 0.717) is 39.8 Å². The zero-order chi connectivity index (χ0) is 26.2. The number of aliphatic hydroxyl groups is 2. The van der Waals surface area contributed by atoms with Crippen molar-refractivity contribution in [3.8, 4) is 22.9 Å². The molecule has 2 heterocycles. The van der Waals surface area contributed by atoms with Crippen molar-refractivity contribution >= 4 is 23.3 Å². The van der Waals surface area contributed by atoms with E-state index < -0.39 is 12.7 Å². The average molecular weight is 502 g/mol. The van der Waals surface area contributed by atoms with E-state index in [9.17, 15) is 14.7 Å². The molecule has 1 unspecified atom stereocenters. The molecule has 3 amide bonds. The average Bonchev–Trinajstić information content (AvgIpc) is 3.39. The molecule has 1 atom stereocenters. The number of benzene rings is 2. The van der Waals surface area contributed by atoms with Crippen LogP contribution in [0.25, 0.3) is 11.4 Å². The molecule has 190 valence electrons. The third-order valence-corrected chi connectivity index (χ3v) is 5.29. The number of amides is 3. The molecular formula is C27H27N5O5. The van der Waals surface area contributed by atoms with E-state index in [0.717, 1.165) is 5.56 Å². The summed E-state index contributed by atoms with van der Waals surface area (Å²) in [7, 11) is 0. The number of aromatic nitrogens is 2. The number of hydrogen-bond donors (Lipinski definition) is 6. The molecule has 0 aliphatic carbocycles. The van der Waals surface area contributed by atoms with Gasteiger partial charge in [-0.15, -0.1) is 0 Å². The van der Waals surface area contributed by atoms with E-state index in [4.69, 9.17) is 9.84 Å². The summed E-state index contributed by atoms with van der Waals surface area (Å²) < 4.78 is 5.93. The Morgan fingerprint density at radius 1 is 1.00 bits per heavy atom. The van der Waals surface area contributed by atoms with Crippen LogP contribution in [0, 0.1) is 6.92 Å². The highest BCUT2D eigenvalue weighted by atomic mass is 16.5. The Labute approximate surface area is 213 Å². The normalized spacial score (nSPS) is 11.4. The van der Waals surface area contributed by atoms with Gasteiger partial charge in [0.25, 0.3) is 5.91 Å². The number of aliphatic hydroxyl groups excluding tert-OH is 2. The van der Waals surface area contributed by atoms with Crippen molar-refractivity contribution in [3.63, 3.8) is 0 Å². The van der Waals surface area contributed by atoms with Gasteiger partial charge in [0, 0.05) is 36.4 Å². The van der Waals surface area contributed by atoms with E-state index in [2.05, 4.69) is 25.9 Å². The van der Waals surface area contributed by atoms with Gasteiger partial charge in [0.2, 0.25) is 0 Å². The SMILES string of the molecule is Cc1cccc(NC(=O)Nc2ccc(Oc3ccnc(-c4cc(C(=O)NCC(O)CO)c[nH]4)c3)cc2)c1. The summed E-state index contributed by atoms with van der Waals surface area (Å²) in [5.74, 6) is 0.717. The first-order chi connectivity index (χ1) is 17.9. The van der Waals surface area contributed by atoms with Gasteiger partial charge < -0.3 is 35.9 Å². The molecule has 0 radical (unpaired) electrons. The van der Waals surface area contributed by atoms with Crippen molar-refractivity contribution in [2.75, 3.05) is 23.8 Å². The van der Waals surface area contributed by atoms with Gasteiger partial charge in [0.1, 0.15) is 11.5 Å². The van der Waals surface area contributed by atoms with Crippen LogP contribution in [0.1, 0.15) is 15.9 Å². The van der Waals surface area contributed by atoms with Gasteiger partial charge in [-0.3, -0.25) is 9.78 Å². The van der Waals surface area contributed by atoms with Crippen molar-refractivity contribution in [2.45, 2.75) is 13.0 Å². The van der Waals surface area contributed by atoms with Gasteiger partial charge in [-0.2, -0.15) is 0 Å². The Kier molecular flexibility index (Phi) is 8.14. The Balaban J connectivity index is 1.35. The Hall–Kier alpha value is -4.67. The standard InChI is InChI=1S/C27H27N5O5/c1-17-3-2-4-20(11-17)32-27(36)31-19-5-7-22(8-6-19)37-23-9-10-28-25(13-23)24-12-18(14-29-24)26(35)30-15-21(34)16-33/h2-14,21,29,33-34H,15-16H2,1H3,(H,30,35)(H2,31,32,36). The molecule has 2 aromatic carbocycles. The number of nitrogens with zero attached hydrogens (tertiary/aromatic N) is 1. The lowest BCUT2D eigenvalue weighted by molar-refractivity contribution is 0.0802. The minimum absolute atomic E-state index is 0.0525. The van der Waals surface area contributed by atoms with Crippen molar-refractivity contribution in [2.24, 2.45) is 0 Å². The number of ether oxygens (including phenoxy) is 1. The van der Waals surface area contributed by atoms with E-state index in [1.807, 2.05) is 31.2 Å². The van der Waals surface area contributed by atoms with E-state index in [1.165, 1.54) is 6.20 Å². The summed E-state index contributed by atoms with van der Waals surface area (Å²) in [4.78, 5) is 31.8. The molecule has 4 aromatic rings. The molecule has 4 rings (SSSR count). The molecule has 0 fully saturated rings. The quantitative estimate of drug-likeness (QED) is 0.205. The van der Waals surface area contributed by atoms with Crippen molar-refractivity contribution in [1.29, 1.82) is 0 Å². The van der Waals surface area contributed by atoms with Crippen LogP contribution in [0.2, 0.25) is 0 Å². The topological polar surface area (TPSA) is 149 Å². The van der Waals surface area contributed by atoms with Crippen LogP contribution in [0.4, 0.5) is 16.2 Å². The molecule has 2 aromatic heterocycles. The number of rotatable bonds is 9. The smallest absolute Gasteiger partial charge is 0.323 e. The summed E-state index contributed by atoms with van der Waals surface area (Å²) >= 11 is 0. The molecule has 10 heteroatoms. The Bertz CT molecular complexity index is 1370. The third kappa shape index (κ3) is 7.17. The number of carbonyl (C=O) groups is 2. The van der Waals surface area contributed by atoms with Gasteiger partial charge in [-0.05, 0) is 61.0 Å². The number of pyridine rings is 1. The van der Waals surface area contributed by atoms with E-state index >= 15 is 0 Å². The number of aryl methyl sites for hydroxylation is 1. The lowest BCUT2D eigenvalue weighted by Gasteiger charge is -2.10. The summed E-state index contributed by atoms with van der Waals surface area (Å²) in [5, 5.41) is 26.4. The maximum atomic E-state index is 12.3. The summed E-state index contributed by atoms with van der Waals surface area (Å²) in [6, 6.07) is 19.2. The first-order valence-corrected chi connectivity index (χ1v) is 11.5. The minimum atomic E-state index is -1.02. The molecule has 0 saturated heterocycles. The molecule has 37 heavy (non-hydrogen) atoms. The number of H-pyrrole nitrogens is 1. The lowest BCUT2D eigenvalue weighted by atomic mass is 10.2. The molecule has 0 spiro atoms. The zero-order valence-corrected chi connectivity index (χ0v) is 20.1. The number of carbonyl (C=O) groups excluding carboxylic acids is 2. The summed E-state index contributed by atoms with van der Waals surface area (Å²) in [5.41, 5.74) is 3.91. The molecule has 0 bridgehead atoms. The molecule has 10 nitrogen and oxygen atoms in total. The first kappa shape index (κ1) is 25.4. The van der Waals surface area contributed by atoms with Crippen molar-refractivity contribution in [3.05, 3.63) is 90.3 Å². The second-order valence-corrected chi connectivity index (χ2v) is 8.30. The minimum Gasteiger partial charge on any atom is -0.457 e. The van der Waals surface area contributed by atoms with E-state index in [-0.39, 0.29) is 18.5 Å². The maximum absolute atomic E-state index is 12.3. The number of hydrogen-bond acceptors (Lipinski definition) is 6. The predicted octanol–water partition coefficient (Wildman–Crippen LogP) is 3.90. The monoisotopic (exact) mass is 501 g/mol. The molecule has 0 aliphatic rings. The highest BCUT2D eigenvalue weighted by molar-refractivity contribution is 5.99. The van der Waals surface area contributed by atoms with Gasteiger partial charge in [0.15, 0.2) is 0 Å². The highest BCUT2D eigenvalue weighted by Crippen LogP contribution is 2.26. The van der Waals surface area contributed by atoms with Gasteiger partial charge in [0.05, 0.1) is 29.7 Å². The van der Waals surface area contributed by atoms with Crippen LogP contribution < -0.4 is 20.7 Å². The van der Waals surface area contributed by atoms with Gasteiger partial charge in [-0.25, -0.2) is 4.79 Å². The van der Waals surface area contributed by atoms with Gasteiger partial charge in [-0.1, -0.05) is 12.1 Å². The fraction of sp³-hybridized carbons (Fsp3) is 0.148. The van der Waals surface area contributed by atoms with Crippen LogP contribution in [0.3, 0.4) is 0 Å². The molecule has 0 saturated carbocycles. The second-order valence-electron chi connectivity index (χ2n) is 8.30.